The average Bonchev–Trinajstić information content (AvgIpc) is 2.79. The van der Waals surface area contributed by atoms with E-state index in [9.17, 15) is 4.79 Å². The van der Waals surface area contributed by atoms with Crippen molar-refractivity contribution in [2.45, 2.75) is 38.6 Å². The summed E-state index contributed by atoms with van der Waals surface area (Å²) in [4.78, 5) is 16.6. The van der Waals surface area contributed by atoms with Crippen molar-refractivity contribution in [1.29, 1.82) is 0 Å². The van der Waals surface area contributed by atoms with Crippen molar-refractivity contribution in [1.82, 2.24) is 9.80 Å². The van der Waals surface area contributed by atoms with Crippen LogP contribution in [0, 0.1) is 0 Å². The molecule has 0 saturated carbocycles. The van der Waals surface area contributed by atoms with Crippen LogP contribution in [-0.4, -0.2) is 42.4 Å². The molecule has 0 spiro atoms. The number of benzene rings is 1. The van der Waals surface area contributed by atoms with E-state index in [1.54, 1.807) is 0 Å². The number of likely N-dealkylation sites (N-methyl/N-ethyl adjacent to an activating group) is 1. The highest BCUT2D eigenvalue weighted by Crippen LogP contribution is 2.26. The summed E-state index contributed by atoms with van der Waals surface area (Å²) in [5, 5.41) is 1.11. The lowest BCUT2D eigenvalue weighted by Crippen LogP contribution is -2.40. The molecule has 3 rings (SSSR count). The molecule has 1 aliphatic rings. The Kier molecular flexibility index (Phi) is 5.01. The summed E-state index contributed by atoms with van der Waals surface area (Å²) in [6.07, 6.45) is 4.76. The molecule has 4 nitrogen and oxygen atoms in total. The number of nitrogens with zero attached hydrogens (tertiary/aromatic N) is 2. The second-order valence-electron chi connectivity index (χ2n) is 6.57. The van der Waals surface area contributed by atoms with Crippen LogP contribution in [0.5, 0.6) is 0 Å². The van der Waals surface area contributed by atoms with Crippen molar-refractivity contribution in [2.75, 3.05) is 26.7 Å². The fraction of sp³-hybridized carbons (Fsp3) is 0.526. The Balaban J connectivity index is 1.64. The number of para-hydroxylation sites is 1. The number of fused-ring (bicyclic) bond motifs is 1. The van der Waals surface area contributed by atoms with Crippen molar-refractivity contribution < 1.29 is 9.21 Å². The van der Waals surface area contributed by atoms with Crippen molar-refractivity contribution in [3.05, 3.63) is 36.1 Å². The number of furan rings is 1. The molecular formula is C19H26N2O2. The minimum atomic E-state index is 0.0818. The molecule has 1 aliphatic heterocycles. The van der Waals surface area contributed by atoms with E-state index in [1.165, 1.54) is 12.8 Å². The van der Waals surface area contributed by atoms with Gasteiger partial charge in [0.15, 0.2) is 0 Å². The maximum atomic E-state index is 12.5. The number of rotatable bonds is 4. The van der Waals surface area contributed by atoms with Crippen molar-refractivity contribution in [2.24, 2.45) is 0 Å². The highest BCUT2D eigenvalue weighted by Gasteiger charge is 2.22. The van der Waals surface area contributed by atoms with Gasteiger partial charge in [0.1, 0.15) is 11.3 Å². The van der Waals surface area contributed by atoms with Gasteiger partial charge < -0.3 is 9.32 Å². The molecule has 0 bridgehead atoms. The predicted octanol–water partition coefficient (Wildman–Crippen LogP) is 3.83. The van der Waals surface area contributed by atoms with E-state index >= 15 is 0 Å². The standard InChI is InChI=1S/C19H26N2O2/c1-15(18-13-16-9-5-6-10-17(16)23-18)20(2)14-19(22)21-11-7-3-4-8-12-21/h5-6,9-10,13,15H,3-4,7-8,11-12,14H2,1-2H3. The van der Waals surface area contributed by atoms with Crippen molar-refractivity contribution >= 4 is 16.9 Å². The summed E-state index contributed by atoms with van der Waals surface area (Å²) in [5.41, 5.74) is 0.904. The minimum Gasteiger partial charge on any atom is -0.459 e. The summed E-state index contributed by atoms with van der Waals surface area (Å²) in [6, 6.07) is 10.2. The third-order valence-corrected chi connectivity index (χ3v) is 4.86. The zero-order valence-electron chi connectivity index (χ0n) is 14.1. The summed E-state index contributed by atoms with van der Waals surface area (Å²) in [7, 11) is 1.99. The van der Waals surface area contributed by atoms with Gasteiger partial charge in [-0.3, -0.25) is 9.69 Å². The Morgan fingerprint density at radius 3 is 2.61 bits per heavy atom. The first-order valence-electron chi connectivity index (χ1n) is 8.61. The minimum absolute atomic E-state index is 0.0818. The maximum Gasteiger partial charge on any atom is 0.236 e. The number of carbonyl (C=O) groups is 1. The number of hydrogen-bond donors (Lipinski definition) is 0. The quantitative estimate of drug-likeness (QED) is 0.860. The van der Waals surface area contributed by atoms with Crippen LogP contribution in [0.2, 0.25) is 0 Å². The maximum absolute atomic E-state index is 12.5. The van der Waals surface area contributed by atoms with Gasteiger partial charge in [0.05, 0.1) is 12.6 Å². The van der Waals surface area contributed by atoms with E-state index in [1.807, 2.05) is 30.1 Å². The normalized spacial score (nSPS) is 17.4. The summed E-state index contributed by atoms with van der Waals surface area (Å²) < 4.78 is 5.93. The largest absolute Gasteiger partial charge is 0.459 e. The fourth-order valence-corrected chi connectivity index (χ4v) is 3.20. The van der Waals surface area contributed by atoms with Crippen LogP contribution in [0.15, 0.2) is 34.7 Å². The molecule has 1 aromatic carbocycles. The average molecular weight is 314 g/mol. The third kappa shape index (κ3) is 3.75. The topological polar surface area (TPSA) is 36.7 Å². The highest BCUT2D eigenvalue weighted by atomic mass is 16.3. The molecular weight excluding hydrogens is 288 g/mol. The molecule has 124 valence electrons. The fourth-order valence-electron chi connectivity index (χ4n) is 3.20. The van der Waals surface area contributed by atoms with Crippen LogP contribution in [0.4, 0.5) is 0 Å². The van der Waals surface area contributed by atoms with Gasteiger partial charge in [0.25, 0.3) is 0 Å². The van der Waals surface area contributed by atoms with Crippen LogP contribution in [0.25, 0.3) is 11.0 Å². The predicted molar refractivity (Wildman–Crippen MR) is 92.3 cm³/mol. The van der Waals surface area contributed by atoms with E-state index in [0.717, 1.165) is 42.7 Å². The first-order valence-corrected chi connectivity index (χ1v) is 8.61. The highest BCUT2D eigenvalue weighted by molar-refractivity contribution is 5.79. The van der Waals surface area contributed by atoms with Gasteiger partial charge >= 0.3 is 0 Å². The number of amides is 1. The molecule has 4 heteroatoms. The first-order chi connectivity index (χ1) is 11.1. The van der Waals surface area contributed by atoms with Crippen LogP contribution < -0.4 is 0 Å². The lowest BCUT2D eigenvalue weighted by atomic mass is 10.2. The van der Waals surface area contributed by atoms with Gasteiger partial charge in [-0.15, -0.1) is 0 Å². The van der Waals surface area contributed by atoms with E-state index < -0.39 is 0 Å². The van der Waals surface area contributed by atoms with Crippen molar-refractivity contribution in [3.63, 3.8) is 0 Å². The smallest absolute Gasteiger partial charge is 0.236 e. The molecule has 2 aromatic rings. The number of hydrogen-bond acceptors (Lipinski definition) is 3. The van der Waals surface area contributed by atoms with Crippen LogP contribution in [-0.2, 0) is 4.79 Å². The second kappa shape index (κ2) is 7.18. The van der Waals surface area contributed by atoms with Gasteiger partial charge in [-0.2, -0.15) is 0 Å². The molecule has 1 fully saturated rings. The van der Waals surface area contributed by atoms with Gasteiger partial charge in [0, 0.05) is 18.5 Å². The van der Waals surface area contributed by atoms with Gasteiger partial charge in [-0.05, 0) is 38.9 Å². The van der Waals surface area contributed by atoms with E-state index in [0.29, 0.717) is 6.54 Å². The summed E-state index contributed by atoms with van der Waals surface area (Å²) >= 11 is 0. The molecule has 2 heterocycles. The molecule has 1 unspecified atom stereocenters. The molecule has 1 saturated heterocycles. The van der Waals surface area contributed by atoms with E-state index in [4.69, 9.17) is 4.42 Å². The lowest BCUT2D eigenvalue weighted by Gasteiger charge is -2.27. The van der Waals surface area contributed by atoms with E-state index in [-0.39, 0.29) is 11.9 Å². The molecule has 0 N–H and O–H groups in total. The van der Waals surface area contributed by atoms with Crippen LogP contribution >= 0.6 is 0 Å². The zero-order valence-corrected chi connectivity index (χ0v) is 14.1. The number of likely N-dealkylation sites (tertiary alicyclic amines) is 1. The SMILES string of the molecule is CC(c1cc2ccccc2o1)N(C)CC(=O)N1CCCCCC1. The molecule has 1 aromatic heterocycles. The molecule has 1 amide bonds. The Morgan fingerprint density at radius 2 is 1.91 bits per heavy atom. The monoisotopic (exact) mass is 314 g/mol. The Labute approximate surface area is 138 Å². The summed E-state index contributed by atoms with van der Waals surface area (Å²) in [6.45, 7) is 4.35. The number of carbonyl (C=O) groups excluding carboxylic acids is 1. The Hall–Kier alpha value is -1.81. The molecule has 0 radical (unpaired) electrons. The van der Waals surface area contributed by atoms with Gasteiger partial charge in [-0.25, -0.2) is 0 Å². The zero-order chi connectivity index (χ0) is 16.2. The molecule has 1 atom stereocenters. The Bertz CT molecular complexity index is 623. The van der Waals surface area contributed by atoms with E-state index in [2.05, 4.69) is 24.0 Å². The Morgan fingerprint density at radius 1 is 1.22 bits per heavy atom. The lowest BCUT2D eigenvalue weighted by molar-refractivity contribution is -0.132. The first kappa shape index (κ1) is 16.1. The van der Waals surface area contributed by atoms with Crippen LogP contribution in [0.1, 0.15) is 44.4 Å². The molecule has 23 heavy (non-hydrogen) atoms. The summed E-state index contributed by atoms with van der Waals surface area (Å²) in [5.74, 6) is 1.15. The van der Waals surface area contributed by atoms with Crippen molar-refractivity contribution in [3.8, 4) is 0 Å². The van der Waals surface area contributed by atoms with Gasteiger partial charge in [-0.1, -0.05) is 31.0 Å². The van der Waals surface area contributed by atoms with Gasteiger partial charge in [0.2, 0.25) is 5.91 Å². The van der Waals surface area contributed by atoms with Crippen LogP contribution in [0.3, 0.4) is 0 Å². The third-order valence-electron chi connectivity index (χ3n) is 4.86. The molecule has 0 aliphatic carbocycles. The second-order valence-corrected chi connectivity index (χ2v) is 6.57.